The molecule has 0 aliphatic carbocycles. The number of primary amides is 1. The molecule has 0 aliphatic heterocycles. The van der Waals surface area contributed by atoms with E-state index in [4.69, 9.17) is 15.2 Å². The van der Waals surface area contributed by atoms with Gasteiger partial charge in [-0.2, -0.15) is 0 Å². The van der Waals surface area contributed by atoms with Crippen LogP contribution in [0.2, 0.25) is 0 Å². The van der Waals surface area contributed by atoms with Crippen molar-refractivity contribution in [1.82, 2.24) is 0 Å². The summed E-state index contributed by atoms with van der Waals surface area (Å²) in [6.07, 6.45) is 0. The lowest BCUT2D eigenvalue weighted by Gasteiger charge is -2.16. The molecule has 3 aromatic rings. The Bertz CT molecular complexity index is 904. The maximum atomic E-state index is 12.0. The first-order valence-corrected chi connectivity index (χ1v) is 7.86. The Morgan fingerprint density at radius 3 is 1.92 bits per heavy atom. The van der Waals surface area contributed by atoms with Crippen molar-refractivity contribution >= 4 is 5.91 Å². The van der Waals surface area contributed by atoms with Crippen molar-refractivity contribution in [1.29, 1.82) is 0 Å². The Labute approximate surface area is 146 Å². The summed E-state index contributed by atoms with van der Waals surface area (Å²) >= 11 is 0. The highest BCUT2D eigenvalue weighted by atomic mass is 16.5. The summed E-state index contributed by atoms with van der Waals surface area (Å²) in [7, 11) is 3.09. The minimum absolute atomic E-state index is 0.390. The average molecular weight is 333 g/mol. The van der Waals surface area contributed by atoms with Gasteiger partial charge in [-0.1, -0.05) is 54.6 Å². The number of methoxy groups -OCH3 is 2. The second-order valence-corrected chi connectivity index (χ2v) is 5.53. The average Bonchev–Trinajstić information content (AvgIpc) is 2.67. The molecule has 0 unspecified atom stereocenters. The van der Waals surface area contributed by atoms with Gasteiger partial charge in [0, 0.05) is 0 Å². The van der Waals surface area contributed by atoms with E-state index in [0.717, 1.165) is 16.7 Å². The van der Waals surface area contributed by atoms with Crippen LogP contribution in [0.3, 0.4) is 0 Å². The second kappa shape index (κ2) is 7.09. The molecular formula is C21H19NO3. The number of carbonyl (C=O) groups is 1. The molecule has 2 N–H and O–H groups in total. The smallest absolute Gasteiger partial charge is 0.249 e. The normalized spacial score (nSPS) is 10.3. The topological polar surface area (TPSA) is 61.5 Å². The molecule has 0 aromatic heterocycles. The van der Waals surface area contributed by atoms with Crippen molar-refractivity contribution in [3.05, 3.63) is 72.3 Å². The fourth-order valence-corrected chi connectivity index (χ4v) is 2.89. The highest BCUT2D eigenvalue weighted by Gasteiger charge is 2.18. The molecule has 0 radical (unpaired) electrons. The quantitative estimate of drug-likeness (QED) is 0.763. The van der Waals surface area contributed by atoms with Crippen molar-refractivity contribution in [2.24, 2.45) is 5.73 Å². The predicted molar refractivity (Wildman–Crippen MR) is 98.9 cm³/mol. The van der Waals surface area contributed by atoms with Crippen LogP contribution in [0.5, 0.6) is 11.5 Å². The minimum Gasteiger partial charge on any atom is -0.493 e. The Hall–Kier alpha value is -3.27. The highest BCUT2D eigenvalue weighted by molar-refractivity contribution is 6.03. The van der Waals surface area contributed by atoms with E-state index in [2.05, 4.69) is 0 Å². The number of hydrogen-bond donors (Lipinski definition) is 1. The van der Waals surface area contributed by atoms with Gasteiger partial charge in [0.05, 0.1) is 19.8 Å². The maximum Gasteiger partial charge on any atom is 0.249 e. The van der Waals surface area contributed by atoms with Crippen LogP contribution in [0.1, 0.15) is 10.4 Å². The van der Waals surface area contributed by atoms with Gasteiger partial charge in [-0.3, -0.25) is 4.79 Å². The highest BCUT2D eigenvalue weighted by Crippen LogP contribution is 2.39. The van der Waals surface area contributed by atoms with E-state index in [1.54, 1.807) is 19.2 Å². The van der Waals surface area contributed by atoms with Crippen molar-refractivity contribution in [2.45, 2.75) is 0 Å². The molecule has 0 fully saturated rings. The third-order valence-electron chi connectivity index (χ3n) is 4.09. The number of carbonyl (C=O) groups excluding carboxylic acids is 1. The van der Waals surface area contributed by atoms with Crippen LogP contribution in [0, 0.1) is 0 Å². The first-order valence-electron chi connectivity index (χ1n) is 7.86. The van der Waals surface area contributed by atoms with Crippen LogP contribution in [0.4, 0.5) is 0 Å². The van der Waals surface area contributed by atoms with Crippen LogP contribution in [-0.4, -0.2) is 20.1 Å². The van der Waals surface area contributed by atoms with E-state index in [0.29, 0.717) is 22.6 Å². The van der Waals surface area contributed by atoms with Crippen LogP contribution < -0.4 is 15.2 Å². The molecule has 0 saturated carbocycles. The molecule has 0 spiro atoms. The van der Waals surface area contributed by atoms with E-state index >= 15 is 0 Å². The third kappa shape index (κ3) is 3.19. The van der Waals surface area contributed by atoms with Gasteiger partial charge >= 0.3 is 0 Å². The van der Waals surface area contributed by atoms with Crippen LogP contribution in [0.25, 0.3) is 22.3 Å². The van der Waals surface area contributed by atoms with E-state index < -0.39 is 5.91 Å². The molecular weight excluding hydrogens is 314 g/mol. The molecule has 25 heavy (non-hydrogen) atoms. The molecule has 3 aromatic carbocycles. The molecule has 4 heteroatoms. The Morgan fingerprint density at radius 1 is 0.760 bits per heavy atom. The summed E-state index contributed by atoms with van der Waals surface area (Å²) in [4.78, 5) is 12.0. The van der Waals surface area contributed by atoms with Gasteiger partial charge in [0.15, 0.2) is 11.5 Å². The molecule has 126 valence electrons. The molecule has 4 nitrogen and oxygen atoms in total. The van der Waals surface area contributed by atoms with Gasteiger partial charge in [0.25, 0.3) is 0 Å². The van der Waals surface area contributed by atoms with Gasteiger partial charge in [0.1, 0.15) is 0 Å². The number of hydrogen-bond acceptors (Lipinski definition) is 3. The standard InChI is InChI=1S/C21H19NO3/c1-24-19-12-17(18(21(22)23)13-20(19)25-2)16-11-7-6-10-15(16)14-8-4-3-5-9-14/h3-13H,1-2H3,(H2,22,23). The van der Waals surface area contributed by atoms with Gasteiger partial charge in [-0.05, 0) is 34.4 Å². The Morgan fingerprint density at radius 2 is 1.32 bits per heavy atom. The van der Waals surface area contributed by atoms with E-state index in [9.17, 15) is 4.79 Å². The van der Waals surface area contributed by atoms with Gasteiger partial charge in [-0.25, -0.2) is 0 Å². The second-order valence-electron chi connectivity index (χ2n) is 5.53. The number of nitrogens with two attached hydrogens (primary N) is 1. The van der Waals surface area contributed by atoms with Crippen molar-refractivity contribution in [3.63, 3.8) is 0 Å². The molecule has 1 amide bonds. The summed E-state index contributed by atoms with van der Waals surface area (Å²) < 4.78 is 10.7. The Kier molecular flexibility index (Phi) is 4.70. The maximum absolute atomic E-state index is 12.0. The van der Waals surface area contributed by atoms with Crippen LogP contribution >= 0.6 is 0 Å². The molecule has 0 atom stereocenters. The summed E-state index contributed by atoms with van der Waals surface area (Å²) in [5.74, 6) is 0.501. The van der Waals surface area contributed by atoms with E-state index in [1.807, 2.05) is 54.6 Å². The summed E-state index contributed by atoms with van der Waals surface area (Å²) in [6.45, 7) is 0. The number of benzene rings is 3. The van der Waals surface area contributed by atoms with Crippen molar-refractivity contribution < 1.29 is 14.3 Å². The fraction of sp³-hybridized carbons (Fsp3) is 0.0952. The zero-order valence-electron chi connectivity index (χ0n) is 14.2. The van der Waals surface area contributed by atoms with Crippen molar-refractivity contribution in [2.75, 3.05) is 14.2 Å². The monoisotopic (exact) mass is 333 g/mol. The molecule has 0 bridgehead atoms. The largest absolute Gasteiger partial charge is 0.493 e. The number of rotatable bonds is 5. The fourth-order valence-electron chi connectivity index (χ4n) is 2.89. The molecule has 0 aliphatic rings. The minimum atomic E-state index is -0.515. The molecule has 0 heterocycles. The van der Waals surface area contributed by atoms with Gasteiger partial charge in [0.2, 0.25) is 5.91 Å². The molecule has 0 saturated heterocycles. The SMILES string of the molecule is COc1cc(C(N)=O)c(-c2ccccc2-c2ccccc2)cc1OC. The third-order valence-corrected chi connectivity index (χ3v) is 4.09. The first kappa shape index (κ1) is 16.6. The number of amides is 1. The summed E-state index contributed by atoms with van der Waals surface area (Å²) in [5, 5.41) is 0. The lowest BCUT2D eigenvalue weighted by atomic mass is 9.91. The van der Waals surface area contributed by atoms with Crippen molar-refractivity contribution in [3.8, 4) is 33.8 Å². The summed E-state index contributed by atoms with van der Waals surface area (Å²) in [6, 6.07) is 21.3. The zero-order valence-corrected chi connectivity index (χ0v) is 14.2. The summed E-state index contributed by atoms with van der Waals surface area (Å²) in [5.41, 5.74) is 9.70. The van der Waals surface area contributed by atoms with Crippen LogP contribution in [0.15, 0.2) is 66.7 Å². The van der Waals surface area contributed by atoms with Gasteiger partial charge in [-0.15, -0.1) is 0 Å². The Balaban J connectivity index is 2.29. The first-order chi connectivity index (χ1) is 12.2. The lowest BCUT2D eigenvalue weighted by Crippen LogP contribution is -2.13. The number of ether oxygens (including phenoxy) is 2. The predicted octanol–water partition coefficient (Wildman–Crippen LogP) is 4.14. The lowest BCUT2D eigenvalue weighted by molar-refractivity contribution is 0.100. The molecule has 3 rings (SSSR count). The van der Waals surface area contributed by atoms with E-state index in [-0.39, 0.29) is 0 Å². The van der Waals surface area contributed by atoms with Crippen LogP contribution in [-0.2, 0) is 0 Å². The van der Waals surface area contributed by atoms with Gasteiger partial charge < -0.3 is 15.2 Å². The van der Waals surface area contributed by atoms with E-state index in [1.165, 1.54) is 7.11 Å². The zero-order chi connectivity index (χ0) is 17.8.